The Morgan fingerprint density at radius 1 is 1.11 bits per heavy atom. The number of alkyl halides is 2. The number of rotatable bonds is 2. The monoisotopic (exact) mass is 370 g/mol. The second kappa shape index (κ2) is 6.53. The van der Waals surface area contributed by atoms with Gasteiger partial charge in [-0.25, -0.2) is 13.8 Å². The number of carbonyl (C=O) groups is 1. The van der Waals surface area contributed by atoms with Crippen LogP contribution in [0.2, 0.25) is 0 Å². The van der Waals surface area contributed by atoms with Crippen molar-refractivity contribution < 1.29 is 13.6 Å². The van der Waals surface area contributed by atoms with Gasteiger partial charge in [-0.05, 0) is 24.3 Å². The zero-order valence-corrected chi connectivity index (χ0v) is 14.3. The second-order valence-corrected chi connectivity index (χ2v) is 6.55. The predicted octanol–water partition coefficient (Wildman–Crippen LogP) is 2.86. The Morgan fingerprint density at radius 2 is 1.89 bits per heavy atom. The Hall–Kier alpha value is -3.16. The molecule has 0 bridgehead atoms. The maximum absolute atomic E-state index is 13.3. The lowest BCUT2D eigenvalue weighted by Gasteiger charge is -2.31. The van der Waals surface area contributed by atoms with Crippen LogP contribution in [0.1, 0.15) is 23.2 Å². The number of halogens is 2. The summed E-state index contributed by atoms with van der Waals surface area (Å²) in [4.78, 5) is 36.9. The van der Waals surface area contributed by atoms with E-state index < -0.39 is 5.92 Å². The average molecular weight is 370 g/mol. The lowest BCUT2D eigenvalue weighted by molar-refractivity contribution is -0.0494. The standard InChI is InChI=1S/C19H16F2N4O2/c20-19(21)4-7-25(8-5-19)18(27)13-1-2-14-15(9-13)24-16(11-23-14)12-3-6-22-17(26)10-12/h1-3,6,9-11H,4-5,7-8H2,(H,22,26). The molecule has 8 heteroatoms. The number of benzene rings is 1. The first-order chi connectivity index (χ1) is 12.9. The van der Waals surface area contributed by atoms with Crippen molar-refractivity contribution in [1.82, 2.24) is 19.9 Å². The van der Waals surface area contributed by atoms with Gasteiger partial charge in [0.05, 0.1) is 22.9 Å². The van der Waals surface area contributed by atoms with Crippen LogP contribution in [0.3, 0.4) is 0 Å². The highest BCUT2D eigenvalue weighted by atomic mass is 19.3. The molecular weight excluding hydrogens is 354 g/mol. The van der Waals surface area contributed by atoms with Crippen molar-refractivity contribution >= 4 is 16.9 Å². The number of hydrogen-bond acceptors (Lipinski definition) is 4. The van der Waals surface area contributed by atoms with Crippen LogP contribution in [0.25, 0.3) is 22.3 Å². The summed E-state index contributed by atoms with van der Waals surface area (Å²) in [6, 6.07) is 8.03. The number of aromatic amines is 1. The molecule has 1 aliphatic heterocycles. The molecule has 1 aliphatic rings. The number of nitrogens with one attached hydrogen (secondary N) is 1. The molecule has 0 radical (unpaired) electrons. The molecule has 0 saturated carbocycles. The SMILES string of the molecule is O=C(c1ccc2ncc(-c3cc[nH]c(=O)c3)nc2c1)N1CCC(F)(F)CC1. The van der Waals surface area contributed by atoms with Gasteiger partial charge in [0.2, 0.25) is 5.56 Å². The molecule has 1 aromatic carbocycles. The van der Waals surface area contributed by atoms with Crippen molar-refractivity contribution in [3.63, 3.8) is 0 Å². The molecule has 3 aromatic rings. The molecule has 3 heterocycles. The Morgan fingerprint density at radius 3 is 2.63 bits per heavy atom. The van der Waals surface area contributed by atoms with Gasteiger partial charge in [0.1, 0.15) is 0 Å². The fraction of sp³-hybridized carbons (Fsp3) is 0.263. The van der Waals surface area contributed by atoms with Crippen molar-refractivity contribution in [2.24, 2.45) is 0 Å². The Kier molecular flexibility index (Phi) is 4.18. The van der Waals surface area contributed by atoms with Crippen LogP contribution in [-0.4, -0.2) is 44.8 Å². The number of likely N-dealkylation sites (tertiary alicyclic amines) is 1. The minimum atomic E-state index is -2.70. The highest BCUT2D eigenvalue weighted by Gasteiger charge is 2.35. The molecule has 1 N–H and O–H groups in total. The first-order valence-corrected chi connectivity index (χ1v) is 8.54. The number of H-pyrrole nitrogens is 1. The third kappa shape index (κ3) is 3.55. The first-order valence-electron chi connectivity index (χ1n) is 8.54. The minimum absolute atomic E-state index is 0.0301. The molecule has 27 heavy (non-hydrogen) atoms. The summed E-state index contributed by atoms with van der Waals surface area (Å²) in [6.45, 7) is 0.0603. The van der Waals surface area contributed by atoms with E-state index in [0.29, 0.717) is 27.9 Å². The van der Waals surface area contributed by atoms with Gasteiger partial charge in [-0.3, -0.25) is 14.6 Å². The smallest absolute Gasteiger partial charge is 0.253 e. The number of amides is 1. The Labute approximate surface area is 152 Å². The summed E-state index contributed by atoms with van der Waals surface area (Å²) in [6.07, 6.45) is 2.44. The number of fused-ring (bicyclic) bond motifs is 1. The minimum Gasteiger partial charge on any atom is -0.338 e. The van der Waals surface area contributed by atoms with Crippen LogP contribution in [0.4, 0.5) is 8.78 Å². The van der Waals surface area contributed by atoms with Gasteiger partial charge in [-0.2, -0.15) is 0 Å². The number of pyridine rings is 1. The van der Waals surface area contributed by atoms with Crippen molar-refractivity contribution in [3.8, 4) is 11.3 Å². The lowest BCUT2D eigenvalue weighted by atomic mass is 10.1. The fourth-order valence-corrected chi connectivity index (χ4v) is 3.11. The van der Waals surface area contributed by atoms with Gasteiger partial charge >= 0.3 is 0 Å². The summed E-state index contributed by atoms with van der Waals surface area (Å²) >= 11 is 0. The third-order valence-corrected chi connectivity index (χ3v) is 4.64. The van der Waals surface area contributed by atoms with Crippen LogP contribution in [0, 0.1) is 0 Å². The molecule has 2 aromatic heterocycles. The van der Waals surface area contributed by atoms with E-state index in [0.717, 1.165) is 0 Å². The summed E-state index contributed by atoms with van der Waals surface area (Å²) < 4.78 is 26.6. The van der Waals surface area contributed by atoms with E-state index in [4.69, 9.17) is 0 Å². The summed E-state index contributed by atoms with van der Waals surface area (Å²) in [5, 5.41) is 0. The van der Waals surface area contributed by atoms with E-state index in [1.807, 2.05) is 0 Å². The molecule has 1 fully saturated rings. The second-order valence-electron chi connectivity index (χ2n) is 6.55. The van der Waals surface area contributed by atoms with Crippen molar-refractivity contribution in [2.45, 2.75) is 18.8 Å². The summed E-state index contributed by atoms with van der Waals surface area (Å²) in [7, 11) is 0. The van der Waals surface area contributed by atoms with Gasteiger partial charge in [0, 0.05) is 49.3 Å². The maximum atomic E-state index is 13.3. The van der Waals surface area contributed by atoms with Crippen molar-refractivity contribution in [3.05, 3.63) is 58.6 Å². The molecule has 0 aliphatic carbocycles. The molecule has 0 unspecified atom stereocenters. The molecule has 0 spiro atoms. The lowest BCUT2D eigenvalue weighted by Crippen LogP contribution is -2.42. The fourth-order valence-electron chi connectivity index (χ4n) is 3.11. The van der Waals surface area contributed by atoms with Gasteiger partial charge in [0.25, 0.3) is 11.8 Å². The van der Waals surface area contributed by atoms with Crippen molar-refractivity contribution in [2.75, 3.05) is 13.1 Å². The Bertz CT molecular complexity index is 1070. The van der Waals surface area contributed by atoms with E-state index in [1.54, 1.807) is 30.5 Å². The normalized spacial score (nSPS) is 16.4. The van der Waals surface area contributed by atoms with Gasteiger partial charge < -0.3 is 9.88 Å². The summed E-state index contributed by atoms with van der Waals surface area (Å²) in [5.74, 6) is -3.00. The van der Waals surface area contributed by atoms with Crippen LogP contribution in [0.15, 0.2) is 47.5 Å². The molecule has 6 nitrogen and oxygen atoms in total. The highest BCUT2D eigenvalue weighted by molar-refractivity contribution is 5.97. The van der Waals surface area contributed by atoms with E-state index in [1.165, 1.54) is 17.2 Å². The number of piperidine rings is 1. The molecule has 4 rings (SSSR count). The zero-order chi connectivity index (χ0) is 19.0. The average Bonchev–Trinajstić information content (AvgIpc) is 2.66. The van der Waals surface area contributed by atoms with Crippen LogP contribution in [0.5, 0.6) is 0 Å². The number of carbonyl (C=O) groups excluding carboxylic acids is 1. The zero-order valence-electron chi connectivity index (χ0n) is 14.3. The van der Waals surface area contributed by atoms with Gasteiger partial charge in [-0.1, -0.05) is 0 Å². The largest absolute Gasteiger partial charge is 0.338 e. The van der Waals surface area contributed by atoms with E-state index in [9.17, 15) is 18.4 Å². The number of aromatic nitrogens is 3. The Balaban J connectivity index is 1.65. The molecular formula is C19H16F2N4O2. The molecule has 1 amide bonds. The topological polar surface area (TPSA) is 79.0 Å². The third-order valence-electron chi connectivity index (χ3n) is 4.64. The van der Waals surface area contributed by atoms with Crippen LogP contribution < -0.4 is 5.56 Å². The maximum Gasteiger partial charge on any atom is 0.253 e. The van der Waals surface area contributed by atoms with Crippen molar-refractivity contribution in [1.29, 1.82) is 0 Å². The molecule has 138 valence electrons. The van der Waals surface area contributed by atoms with E-state index in [-0.39, 0.29) is 37.4 Å². The number of nitrogens with zero attached hydrogens (tertiary/aromatic N) is 3. The highest BCUT2D eigenvalue weighted by Crippen LogP contribution is 2.28. The quantitative estimate of drug-likeness (QED) is 0.752. The summed E-state index contributed by atoms with van der Waals surface area (Å²) in [5.41, 5.74) is 2.36. The van der Waals surface area contributed by atoms with Gasteiger partial charge in [0.15, 0.2) is 0 Å². The number of hydrogen-bond donors (Lipinski definition) is 1. The van der Waals surface area contributed by atoms with Gasteiger partial charge in [-0.15, -0.1) is 0 Å². The van der Waals surface area contributed by atoms with Crippen LogP contribution >= 0.6 is 0 Å². The molecule has 1 saturated heterocycles. The predicted molar refractivity (Wildman–Crippen MR) is 95.7 cm³/mol. The first kappa shape index (κ1) is 17.3. The molecule has 0 atom stereocenters. The van der Waals surface area contributed by atoms with E-state index in [2.05, 4.69) is 15.0 Å². The van der Waals surface area contributed by atoms with E-state index >= 15 is 0 Å². The van der Waals surface area contributed by atoms with Crippen LogP contribution in [-0.2, 0) is 0 Å².